The first-order valence-electron chi connectivity index (χ1n) is 8.49. The zero-order valence-corrected chi connectivity index (χ0v) is 15.1. The predicted molar refractivity (Wildman–Crippen MR) is 98.2 cm³/mol. The number of amides is 1. The molecule has 1 aromatic heterocycles. The van der Waals surface area contributed by atoms with Crippen LogP contribution in [0.3, 0.4) is 0 Å². The van der Waals surface area contributed by atoms with E-state index in [1.165, 1.54) is 7.11 Å². The summed E-state index contributed by atoms with van der Waals surface area (Å²) < 4.78 is 16.2. The van der Waals surface area contributed by atoms with Crippen LogP contribution >= 0.6 is 0 Å². The van der Waals surface area contributed by atoms with Crippen LogP contribution in [0.4, 0.5) is 0 Å². The first-order valence-corrected chi connectivity index (χ1v) is 8.49. The summed E-state index contributed by atoms with van der Waals surface area (Å²) in [6.45, 7) is 3.23. The lowest BCUT2D eigenvalue weighted by Gasteiger charge is -2.13. The Balaban J connectivity index is 1.90. The summed E-state index contributed by atoms with van der Waals surface area (Å²) in [6, 6.07) is 10.9. The van der Waals surface area contributed by atoms with Crippen molar-refractivity contribution >= 4 is 5.91 Å². The first kappa shape index (κ1) is 19.7. The maximum Gasteiger partial charge on any atom is 0.222 e. The molecule has 1 aromatic carbocycles. The SMILES string of the molecule is CCOc1ccc(Oc2cc(CNC(=O)CC(CN)OC)ccn2)cc1. The van der Waals surface area contributed by atoms with Crippen LogP contribution in [0.2, 0.25) is 0 Å². The smallest absolute Gasteiger partial charge is 0.222 e. The van der Waals surface area contributed by atoms with Gasteiger partial charge in [0.1, 0.15) is 11.5 Å². The van der Waals surface area contributed by atoms with E-state index in [2.05, 4.69) is 10.3 Å². The summed E-state index contributed by atoms with van der Waals surface area (Å²) >= 11 is 0. The summed E-state index contributed by atoms with van der Waals surface area (Å²) in [5.74, 6) is 1.79. The fraction of sp³-hybridized carbons (Fsp3) is 0.368. The highest BCUT2D eigenvalue weighted by atomic mass is 16.5. The Hall–Kier alpha value is -2.64. The van der Waals surface area contributed by atoms with Crippen LogP contribution in [0.1, 0.15) is 18.9 Å². The summed E-state index contributed by atoms with van der Waals surface area (Å²) in [5, 5.41) is 2.84. The Bertz CT molecular complexity index is 687. The molecule has 0 aliphatic carbocycles. The molecule has 7 heteroatoms. The number of nitrogens with two attached hydrogens (primary N) is 1. The molecule has 0 saturated heterocycles. The lowest BCUT2D eigenvalue weighted by molar-refractivity contribution is -0.123. The molecule has 1 amide bonds. The van der Waals surface area contributed by atoms with E-state index >= 15 is 0 Å². The van der Waals surface area contributed by atoms with Gasteiger partial charge in [-0.2, -0.15) is 0 Å². The minimum absolute atomic E-state index is 0.118. The molecular weight excluding hydrogens is 334 g/mol. The largest absolute Gasteiger partial charge is 0.494 e. The summed E-state index contributed by atoms with van der Waals surface area (Å²) in [4.78, 5) is 16.1. The number of carbonyl (C=O) groups is 1. The first-order chi connectivity index (χ1) is 12.6. The summed E-state index contributed by atoms with van der Waals surface area (Å²) in [5.41, 5.74) is 6.41. The molecule has 26 heavy (non-hydrogen) atoms. The molecular formula is C19H25N3O4. The van der Waals surface area contributed by atoms with Crippen molar-refractivity contribution in [3.8, 4) is 17.4 Å². The molecule has 0 spiro atoms. The molecule has 1 heterocycles. The zero-order chi connectivity index (χ0) is 18.8. The number of nitrogens with one attached hydrogen (secondary N) is 1. The summed E-state index contributed by atoms with van der Waals surface area (Å²) in [6.07, 6.45) is 1.60. The monoisotopic (exact) mass is 359 g/mol. The van der Waals surface area contributed by atoms with Crippen molar-refractivity contribution in [2.45, 2.75) is 26.0 Å². The highest BCUT2D eigenvalue weighted by Crippen LogP contribution is 2.23. The van der Waals surface area contributed by atoms with Gasteiger partial charge in [0.15, 0.2) is 0 Å². The third kappa shape index (κ3) is 6.34. The van der Waals surface area contributed by atoms with Crippen molar-refractivity contribution in [1.29, 1.82) is 0 Å². The van der Waals surface area contributed by atoms with Gasteiger partial charge in [-0.15, -0.1) is 0 Å². The van der Waals surface area contributed by atoms with Crippen LogP contribution in [-0.2, 0) is 16.1 Å². The second kappa shape index (κ2) is 10.4. The Morgan fingerprint density at radius 2 is 1.96 bits per heavy atom. The lowest BCUT2D eigenvalue weighted by atomic mass is 10.2. The second-order valence-electron chi connectivity index (χ2n) is 5.58. The third-order valence-corrected chi connectivity index (χ3v) is 3.66. The number of hydrogen-bond donors (Lipinski definition) is 2. The molecule has 0 fully saturated rings. The van der Waals surface area contributed by atoms with Crippen molar-refractivity contribution in [3.05, 3.63) is 48.2 Å². The maximum absolute atomic E-state index is 11.9. The van der Waals surface area contributed by atoms with Crippen molar-refractivity contribution in [2.75, 3.05) is 20.3 Å². The number of nitrogens with zero attached hydrogens (tertiary/aromatic N) is 1. The van der Waals surface area contributed by atoms with E-state index in [-0.39, 0.29) is 18.4 Å². The van der Waals surface area contributed by atoms with Crippen LogP contribution in [0, 0.1) is 0 Å². The molecule has 0 aliphatic heterocycles. The Labute approximate surface area is 153 Å². The van der Waals surface area contributed by atoms with Gasteiger partial charge in [0, 0.05) is 32.5 Å². The minimum Gasteiger partial charge on any atom is -0.494 e. The highest BCUT2D eigenvalue weighted by Gasteiger charge is 2.11. The van der Waals surface area contributed by atoms with E-state index in [0.717, 1.165) is 11.3 Å². The number of pyridine rings is 1. The predicted octanol–water partition coefficient (Wildman–Crippen LogP) is 2.25. The van der Waals surface area contributed by atoms with Gasteiger partial charge in [0.25, 0.3) is 0 Å². The molecule has 0 saturated carbocycles. The number of benzene rings is 1. The third-order valence-electron chi connectivity index (χ3n) is 3.66. The lowest BCUT2D eigenvalue weighted by Crippen LogP contribution is -2.31. The quantitative estimate of drug-likeness (QED) is 0.675. The van der Waals surface area contributed by atoms with Gasteiger partial charge in [-0.3, -0.25) is 4.79 Å². The van der Waals surface area contributed by atoms with E-state index in [4.69, 9.17) is 19.9 Å². The Morgan fingerprint density at radius 1 is 1.23 bits per heavy atom. The molecule has 2 aromatic rings. The van der Waals surface area contributed by atoms with Gasteiger partial charge in [-0.25, -0.2) is 4.98 Å². The topological polar surface area (TPSA) is 95.7 Å². The normalized spacial score (nSPS) is 11.7. The molecule has 140 valence electrons. The van der Waals surface area contributed by atoms with Gasteiger partial charge < -0.3 is 25.3 Å². The van der Waals surface area contributed by atoms with Crippen molar-refractivity contribution < 1.29 is 19.0 Å². The van der Waals surface area contributed by atoms with E-state index in [1.807, 2.05) is 37.3 Å². The van der Waals surface area contributed by atoms with Crippen molar-refractivity contribution in [1.82, 2.24) is 10.3 Å². The molecule has 3 N–H and O–H groups in total. The molecule has 0 bridgehead atoms. The van der Waals surface area contributed by atoms with E-state index < -0.39 is 0 Å². The Kier molecular flexibility index (Phi) is 7.85. The van der Waals surface area contributed by atoms with Crippen LogP contribution in [0.25, 0.3) is 0 Å². The standard InChI is InChI=1S/C19H25N3O4/c1-3-25-15-4-6-16(7-5-15)26-19-10-14(8-9-21-19)13-22-18(23)11-17(12-20)24-2/h4-10,17H,3,11-13,20H2,1-2H3,(H,22,23). The minimum atomic E-state index is -0.272. The van der Waals surface area contributed by atoms with Crippen molar-refractivity contribution in [3.63, 3.8) is 0 Å². The van der Waals surface area contributed by atoms with Crippen LogP contribution in [0.5, 0.6) is 17.4 Å². The highest BCUT2D eigenvalue weighted by molar-refractivity contribution is 5.76. The summed E-state index contributed by atoms with van der Waals surface area (Å²) in [7, 11) is 1.54. The van der Waals surface area contributed by atoms with Gasteiger partial charge in [-0.1, -0.05) is 0 Å². The number of methoxy groups -OCH3 is 1. The number of aromatic nitrogens is 1. The fourth-order valence-electron chi connectivity index (χ4n) is 2.25. The fourth-order valence-corrected chi connectivity index (χ4v) is 2.25. The van der Waals surface area contributed by atoms with E-state index in [9.17, 15) is 4.79 Å². The van der Waals surface area contributed by atoms with Crippen LogP contribution in [-0.4, -0.2) is 37.3 Å². The average molecular weight is 359 g/mol. The molecule has 0 aliphatic rings. The van der Waals surface area contributed by atoms with Crippen LogP contribution < -0.4 is 20.5 Å². The number of hydrogen-bond acceptors (Lipinski definition) is 6. The van der Waals surface area contributed by atoms with Crippen molar-refractivity contribution in [2.24, 2.45) is 5.73 Å². The number of rotatable bonds is 10. The average Bonchev–Trinajstić information content (AvgIpc) is 2.66. The molecule has 2 rings (SSSR count). The van der Waals surface area contributed by atoms with E-state index in [0.29, 0.717) is 31.3 Å². The molecule has 0 radical (unpaired) electrons. The van der Waals surface area contributed by atoms with Gasteiger partial charge in [-0.05, 0) is 42.8 Å². The van der Waals surface area contributed by atoms with Gasteiger partial charge in [0.2, 0.25) is 11.8 Å². The maximum atomic E-state index is 11.9. The zero-order valence-electron chi connectivity index (χ0n) is 15.1. The van der Waals surface area contributed by atoms with Crippen LogP contribution in [0.15, 0.2) is 42.6 Å². The second-order valence-corrected chi connectivity index (χ2v) is 5.58. The Morgan fingerprint density at radius 3 is 2.62 bits per heavy atom. The molecule has 1 unspecified atom stereocenters. The van der Waals surface area contributed by atoms with Gasteiger partial charge in [0.05, 0.1) is 19.1 Å². The number of ether oxygens (including phenoxy) is 3. The number of carbonyl (C=O) groups excluding carboxylic acids is 1. The van der Waals surface area contributed by atoms with Gasteiger partial charge >= 0.3 is 0 Å². The van der Waals surface area contributed by atoms with E-state index in [1.54, 1.807) is 12.3 Å². The molecule has 1 atom stereocenters. The molecule has 7 nitrogen and oxygen atoms in total.